The summed E-state index contributed by atoms with van der Waals surface area (Å²) in [5.41, 5.74) is 2.90. The van der Waals surface area contributed by atoms with Crippen LogP contribution in [0.15, 0.2) is 36.4 Å². The fourth-order valence-corrected chi connectivity index (χ4v) is 2.33. The maximum Gasteiger partial charge on any atom is 0.233 e. The third-order valence-corrected chi connectivity index (χ3v) is 3.90. The number of hydrogen-bond donors (Lipinski definition) is 2. The molecule has 0 radical (unpaired) electrons. The van der Waals surface area contributed by atoms with Crippen LogP contribution in [0.2, 0.25) is 5.02 Å². The number of ether oxygens (including phenoxy) is 1. The molecule has 2 rings (SSSR count). The number of benzene rings is 2. The minimum atomic E-state index is -0.430. The van der Waals surface area contributed by atoms with Gasteiger partial charge in [-0.15, -0.1) is 0 Å². The van der Waals surface area contributed by atoms with Gasteiger partial charge in [0.15, 0.2) is 0 Å². The lowest BCUT2D eigenvalue weighted by Gasteiger charge is -2.12. The van der Waals surface area contributed by atoms with Crippen LogP contribution in [0.1, 0.15) is 17.5 Å². The fraction of sp³-hybridized carbons (Fsp3) is 0.222. The van der Waals surface area contributed by atoms with Crippen molar-refractivity contribution in [2.75, 3.05) is 17.7 Å². The number of para-hydroxylation sites is 1. The molecule has 0 unspecified atom stereocenters. The number of hydrogen-bond acceptors (Lipinski definition) is 3. The summed E-state index contributed by atoms with van der Waals surface area (Å²) < 4.78 is 5.20. The van der Waals surface area contributed by atoms with Crippen LogP contribution < -0.4 is 15.4 Å². The van der Waals surface area contributed by atoms with Crippen molar-refractivity contribution in [2.24, 2.45) is 0 Å². The summed E-state index contributed by atoms with van der Waals surface area (Å²) in [6.45, 7) is 3.71. The standard InChI is InChI=1S/C18H19ClN2O3/c1-11-6-4-5-7-14(11)20-17(22)10-18(23)21-15-8-12(2)13(19)9-16(15)24-3/h4-9H,10H2,1-3H3,(H,20,22)(H,21,23). The molecule has 0 atom stereocenters. The predicted molar refractivity (Wildman–Crippen MR) is 95.8 cm³/mol. The Labute approximate surface area is 146 Å². The molecule has 2 aromatic rings. The minimum absolute atomic E-state index is 0.292. The lowest BCUT2D eigenvalue weighted by atomic mass is 10.2. The molecule has 0 aliphatic heterocycles. The summed E-state index contributed by atoms with van der Waals surface area (Å²) >= 11 is 6.03. The highest BCUT2D eigenvalue weighted by Crippen LogP contribution is 2.31. The maximum absolute atomic E-state index is 12.1. The van der Waals surface area contributed by atoms with Crippen molar-refractivity contribution < 1.29 is 14.3 Å². The van der Waals surface area contributed by atoms with Crippen LogP contribution in [0.4, 0.5) is 11.4 Å². The summed E-state index contributed by atoms with van der Waals surface area (Å²) in [4.78, 5) is 24.1. The van der Waals surface area contributed by atoms with Gasteiger partial charge >= 0.3 is 0 Å². The summed E-state index contributed by atoms with van der Waals surface area (Å²) in [7, 11) is 1.49. The van der Waals surface area contributed by atoms with Gasteiger partial charge in [-0.05, 0) is 37.1 Å². The highest BCUT2D eigenvalue weighted by atomic mass is 35.5. The highest BCUT2D eigenvalue weighted by molar-refractivity contribution is 6.31. The predicted octanol–water partition coefficient (Wildman–Crippen LogP) is 3.93. The van der Waals surface area contributed by atoms with E-state index in [1.54, 1.807) is 18.2 Å². The lowest BCUT2D eigenvalue weighted by molar-refractivity contribution is -0.123. The fourth-order valence-electron chi connectivity index (χ4n) is 2.18. The second-order valence-electron chi connectivity index (χ2n) is 5.39. The van der Waals surface area contributed by atoms with Gasteiger partial charge in [0.2, 0.25) is 11.8 Å². The van der Waals surface area contributed by atoms with E-state index in [9.17, 15) is 9.59 Å². The SMILES string of the molecule is COc1cc(Cl)c(C)cc1NC(=O)CC(=O)Nc1ccccc1C. The Kier molecular flexibility index (Phi) is 5.82. The van der Waals surface area contributed by atoms with Gasteiger partial charge in [-0.2, -0.15) is 0 Å². The first-order valence-corrected chi connectivity index (χ1v) is 7.78. The van der Waals surface area contributed by atoms with Gasteiger partial charge < -0.3 is 15.4 Å². The molecule has 2 amide bonds. The van der Waals surface area contributed by atoms with Crippen molar-refractivity contribution in [3.05, 3.63) is 52.5 Å². The van der Waals surface area contributed by atoms with Crippen LogP contribution in [-0.4, -0.2) is 18.9 Å². The Balaban J connectivity index is 2.02. The van der Waals surface area contributed by atoms with E-state index in [0.29, 0.717) is 22.1 Å². The van der Waals surface area contributed by atoms with Crippen molar-refractivity contribution in [2.45, 2.75) is 20.3 Å². The van der Waals surface area contributed by atoms with E-state index >= 15 is 0 Å². The molecular formula is C18H19ClN2O3. The van der Waals surface area contributed by atoms with Gasteiger partial charge in [0.05, 0.1) is 12.8 Å². The Morgan fingerprint density at radius 2 is 1.62 bits per heavy atom. The molecule has 0 aliphatic rings. The van der Waals surface area contributed by atoms with Crippen molar-refractivity contribution >= 4 is 34.8 Å². The van der Waals surface area contributed by atoms with E-state index in [-0.39, 0.29) is 12.3 Å². The second-order valence-corrected chi connectivity index (χ2v) is 5.80. The van der Waals surface area contributed by atoms with Crippen LogP contribution in [0.5, 0.6) is 5.75 Å². The number of rotatable bonds is 5. The number of amides is 2. The van der Waals surface area contributed by atoms with E-state index in [2.05, 4.69) is 10.6 Å². The molecule has 6 heteroatoms. The molecule has 0 aromatic heterocycles. The van der Waals surface area contributed by atoms with E-state index in [4.69, 9.17) is 16.3 Å². The van der Waals surface area contributed by atoms with Gasteiger partial charge in [-0.1, -0.05) is 29.8 Å². The zero-order chi connectivity index (χ0) is 17.7. The number of aryl methyl sites for hydroxylation is 2. The second kappa shape index (κ2) is 7.84. The minimum Gasteiger partial charge on any atom is -0.495 e. The number of methoxy groups -OCH3 is 1. The van der Waals surface area contributed by atoms with Gasteiger partial charge in [0, 0.05) is 16.8 Å². The number of anilines is 2. The van der Waals surface area contributed by atoms with Gasteiger partial charge in [-0.25, -0.2) is 0 Å². The van der Waals surface area contributed by atoms with Crippen molar-refractivity contribution in [3.63, 3.8) is 0 Å². The van der Waals surface area contributed by atoms with Crippen LogP contribution in [0.3, 0.4) is 0 Å². The molecule has 0 bridgehead atoms. The summed E-state index contributed by atoms with van der Waals surface area (Å²) in [6, 6.07) is 10.7. The van der Waals surface area contributed by atoms with Gasteiger partial charge in [-0.3, -0.25) is 9.59 Å². The van der Waals surface area contributed by atoms with Gasteiger partial charge in [0.1, 0.15) is 12.2 Å². The molecule has 24 heavy (non-hydrogen) atoms. The Hall–Kier alpha value is -2.53. The van der Waals surface area contributed by atoms with Crippen LogP contribution in [0.25, 0.3) is 0 Å². The first kappa shape index (κ1) is 17.8. The molecule has 0 fully saturated rings. The zero-order valence-corrected chi connectivity index (χ0v) is 14.5. The number of carbonyl (C=O) groups excluding carboxylic acids is 2. The average molecular weight is 347 g/mol. The molecule has 0 saturated carbocycles. The molecule has 2 aromatic carbocycles. The third kappa shape index (κ3) is 4.49. The summed E-state index contributed by atoms with van der Waals surface area (Å²) in [5.74, 6) is -0.370. The third-order valence-electron chi connectivity index (χ3n) is 3.50. The van der Waals surface area contributed by atoms with Gasteiger partial charge in [0.25, 0.3) is 0 Å². The van der Waals surface area contributed by atoms with E-state index < -0.39 is 5.91 Å². The van der Waals surface area contributed by atoms with Crippen LogP contribution in [-0.2, 0) is 9.59 Å². The quantitative estimate of drug-likeness (QED) is 0.806. The molecule has 0 saturated heterocycles. The largest absolute Gasteiger partial charge is 0.495 e. The molecule has 0 aliphatic carbocycles. The lowest BCUT2D eigenvalue weighted by Crippen LogP contribution is -2.22. The topological polar surface area (TPSA) is 67.4 Å². The number of nitrogens with one attached hydrogen (secondary N) is 2. The Bertz CT molecular complexity index is 775. The highest BCUT2D eigenvalue weighted by Gasteiger charge is 2.14. The Morgan fingerprint density at radius 3 is 2.25 bits per heavy atom. The number of halogens is 1. The molecule has 0 spiro atoms. The molecule has 126 valence electrons. The number of carbonyl (C=O) groups is 2. The summed E-state index contributed by atoms with van der Waals surface area (Å²) in [6.07, 6.45) is -0.292. The van der Waals surface area contributed by atoms with Crippen molar-refractivity contribution in [1.82, 2.24) is 0 Å². The normalized spacial score (nSPS) is 10.2. The Morgan fingerprint density at radius 1 is 1.00 bits per heavy atom. The first-order chi connectivity index (χ1) is 11.4. The monoisotopic (exact) mass is 346 g/mol. The van der Waals surface area contributed by atoms with Crippen LogP contribution >= 0.6 is 11.6 Å². The first-order valence-electron chi connectivity index (χ1n) is 7.40. The average Bonchev–Trinajstić information content (AvgIpc) is 2.52. The van der Waals surface area contributed by atoms with E-state index in [1.165, 1.54) is 7.11 Å². The molecule has 2 N–H and O–H groups in total. The zero-order valence-electron chi connectivity index (χ0n) is 13.8. The van der Waals surface area contributed by atoms with Crippen molar-refractivity contribution in [1.29, 1.82) is 0 Å². The van der Waals surface area contributed by atoms with Crippen molar-refractivity contribution in [3.8, 4) is 5.75 Å². The van der Waals surface area contributed by atoms with Crippen LogP contribution in [0, 0.1) is 13.8 Å². The maximum atomic E-state index is 12.1. The summed E-state index contributed by atoms with van der Waals surface area (Å²) in [5, 5.41) is 5.94. The van der Waals surface area contributed by atoms with E-state index in [0.717, 1.165) is 11.1 Å². The molecule has 0 heterocycles. The smallest absolute Gasteiger partial charge is 0.233 e. The molecular weight excluding hydrogens is 328 g/mol. The van der Waals surface area contributed by atoms with E-state index in [1.807, 2.05) is 32.0 Å². The molecule has 5 nitrogen and oxygen atoms in total.